The summed E-state index contributed by atoms with van der Waals surface area (Å²) in [6.45, 7) is 3.23. The molecule has 0 atom stereocenters. The van der Waals surface area contributed by atoms with Crippen molar-refractivity contribution < 1.29 is 4.79 Å². The van der Waals surface area contributed by atoms with Gasteiger partial charge in [0.05, 0.1) is 5.56 Å². The predicted molar refractivity (Wildman–Crippen MR) is 104 cm³/mol. The van der Waals surface area contributed by atoms with Crippen molar-refractivity contribution in [3.63, 3.8) is 0 Å². The fourth-order valence-electron chi connectivity index (χ4n) is 3.43. The number of carbonyl (C=O) groups is 1. The summed E-state index contributed by atoms with van der Waals surface area (Å²) in [6, 6.07) is 10.5. The van der Waals surface area contributed by atoms with Crippen molar-refractivity contribution in [2.45, 2.75) is 58.0 Å². The molecule has 1 heterocycles. The standard InChI is InChI=1S/C21H28N4O/c1-2-25(16-17-10-6-5-7-11-17)20(26)18-14-22-21(23-15-18)24-19-12-8-3-4-9-13-19/h5-7,10-11,14-15,19H,2-4,8-9,12-13,16H2,1H3,(H,22,23,24). The summed E-state index contributed by atoms with van der Waals surface area (Å²) in [5, 5.41) is 3.42. The van der Waals surface area contributed by atoms with Gasteiger partial charge < -0.3 is 10.2 Å². The highest BCUT2D eigenvalue weighted by molar-refractivity contribution is 5.93. The lowest BCUT2D eigenvalue weighted by Gasteiger charge is -2.21. The summed E-state index contributed by atoms with van der Waals surface area (Å²) in [6.07, 6.45) is 10.8. The SMILES string of the molecule is CCN(Cc1ccccc1)C(=O)c1cnc(NC2CCCCCC2)nc1. The van der Waals surface area contributed by atoms with E-state index in [1.54, 1.807) is 12.4 Å². The molecule has 5 heteroatoms. The lowest BCUT2D eigenvalue weighted by Crippen LogP contribution is -2.30. The zero-order valence-corrected chi connectivity index (χ0v) is 15.5. The van der Waals surface area contributed by atoms with Crippen molar-refractivity contribution in [3.05, 3.63) is 53.9 Å². The maximum atomic E-state index is 12.8. The predicted octanol–water partition coefficient (Wildman–Crippen LogP) is 4.27. The number of nitrogens with zero attached hydrogens (tertiary/aromatic N) is 3. The first-order chi connectivity index (χ1) is 12.8. The van der Waals surface area contributed by atoms with E-state index in [1.165, 1.54) is 38.5 Å². The lowest BCUT2D eigenvalue weighted by atomic mass is 10.1. The molecular formula is C21H28N4O. The van der Waals surface area contributed by atoms with Gasteiger partial charge in [0, 0.05) is 31.5 Å². The Bertz CT molecular complexity index is 679. The Labute approximate surface area is 155 Å². The largest absolute Gasteiger partial charge is 0.351 e. The first kappa shape index (κ1) is 18.4. The van der Waals surface area contributed by atoms with Crippen LogP contribution in [0.15, 0.2) is 42.7 Å². The Balaban J connectivity index is 1.61. The van der Waals surface area contributed by atoms with Crippen LogP contribution in [0.25, 0.3) is 0 Å². The topological polar surface area (TPSA) is 58.1 Å². The van der Waals surface area contributed by atoms with Crippen LogP contribution in [0.3, 0.4) is 0 Å². The Morgan fingerprint density at radius 2 is 1.73 bits per heavy atom. The van der Waals surface area contributed by atoms with Gasteiger partial charge in [0.1, 0.15) is 0 Å². The molecule has 0 saturated heterocycles. The minimum Gasteiger partial charge on any atom is -0.351 e. The van der Waals surface area contributed by atoms with Crippen LogP contribution >= 0.6 is 0 Å². The van der Waals surface area contributed by atoms with E-state index < -0.39 is 0 Å². The third-order valence-corrected chi connectivity index (χ3v) is 4.97. The lowest BCUT2D eigenvalue weighted by molar-refractivity contribution is 0.0751. The van der Waals surface area contributed by atoms with Crippen LogP contribution in [-0.4, -0.2) is 33.4 Å². The number of carbonyl (C=O) groups excluding carboxylic acids is 1. The minimum atomic E-state index is -0.0302. The van der Waals surface area contributed by atoms with E-state index in [0.29, 0.717) is 30.6 Å². The second-order valence-corrected chi connectivity index (χ2v) is 6.93. The van der Waals surface area contributed by atoms with Crippen LogP contribution in [0.1, 0.15) is 61.4 Å². The van der Waals surface area contributed by atoms with Gasteiger partial charge >= 0.3 is 0 Å². The van der Waals surface area contributed by atoms with Crippen LogP contribution in [0.2, 0.25) is 0 Å². The summed E-state index contributed by atoms with van der Waals surface area (Å²) in [5.74, 6) is 0.594. The van der Waals surface area contributed by atoms with Crippen LogP contribution < -0.4 is 5.32 Å². The van der Waals surface area contributed by atoms with E-state index in [9.17, 15) is 4.79 Å². The zero-order chi connectivity index (χ0) is 18.2. The highest BCUT2D eigenvalue weighted by atomic mass is 16.2. The quantitative estimate of drug-likeness (QED) is 0.789. The van der Waals surface area contributed by atoms with Gasteiger partial charge in [-0.1, -0.05) is 56.0 Å². The van der Waals surface area contributed by atoms with Crippen molar-refractivity contribution in [1.29, 1.82) is 0 Å². The highest BCUT2D eigenvalue weighted by Crippen LogP contribution is 2.19. The van der Waals surface area contributed by atoms with Crippen LogP contribution in [0.5, 0.6) is 0 Å². The highest BCUT2D eigenvalue weighted by Gasteiger charge is 2.17. The molecule has 0 aliphatic heterocycles. The number of hydrogen-bond acceptors (Lipinski definition) is 4. The Kier molecular flexibility index (Phi) is 6.58. The average molecular weight is 352 g/mol. The van der Waals surface area contributed by atoms with Gasteiger partial charge in [-0.3, -0.25) is 4.79 Å². The molecular weight excluding hydrogens is 324 g/mol. The first-order valence-electron chi connectivity index (χ1n) is 9.68. The Morgan fingerprint density at radius 1 is 1.08 bits per heavy atom. The Morgan fingerprint density at radius 3 is 2.35 bits per heavy atom. The molecule has 0 radical (unpaired) electrons. The molecule has 1 aliphatic carbocycles. The van der Waals surface area contributed by atoms with Gasteiger partial charge in [0.25, 0.3) is 5.91 Å². The van der Waals surface area contributed by atoms with Crippen molar-refractivity contribution in [2.24, 2.45) is 0 Å². The fraction of sp³-hybridized carbons (Fsp3) is 0.476. The maximum Gasteiger partial charge on any atom is 0.257 e. The van der Waals surface area contributed by atoms with Crippen molar-refractivity contribution in [3.8, 4) is 0 Å². The zero-order valence-electron chi connectivity index (χ0n) is 15.5. The molecule has 1 aliphatic rings. The molecule has 1 N–H and O–H groups in total. The average Bonchev–Trinajstić information content (AvgIpc) is 2.96. The monoisotopic (exact) mass is 352 g/mol. The summed E-state index contributed by atoms with van der Waals surface area (Å²) in [4.78, 5) is 23.3. The molecule has 138 valence electrons. The molecule has 1 amide bonds. The van der Waals surface area contributed by atoms with Crippen LogP contribution in [0, 0.1) is 0 Å². The first-order valence-corrected chi connectivity index (χ1v) is 9.68. The molecule has 0 bridgehead atoms. The van der Waals surface area contributed by atoms with Crippen molar-refractivity contribution >= 4 is 11.9 Å². The van der Waals surface area contributed by atoms with E-state index in [1.807, 2.05) is 42.2 Å². The van der Waals surface area contributed by atoms with Crippen molar-refractivity contribution in [1.82, 2.24) is 14.9 Å². The minimum absolute atomic E-state index is 0.0302. The molecule has 1 aromatic carbocycles. The molecule has 5 nitrogen and oxygen atoms in total. The summed E-state index contributed by atoms with van der Waals surface area (Å²) < 4.78 is 0. The summed E-state index contributed by atoms with van der Waals surface area (Å²) in [7, 11) is 0. The number of nitrogens with one attached hydrogen (secondary N) is 1. The third-order valence-electron chi connectivity index (χ3n) is 4.97. The fourth-order valence-corrected chi connectivity index (χ4v) is 3.43. The number of amides is 1. The van der Waals surface area contributed by atoms with E-state index in [2.05, 4.69) is 15.3 Å². The Hall–Kier alpha value is -2.43. The number of aromatic nitrogens is 2. The number of hydrogen-bond donors (Lipinski definition) is 1. The molecule has 1 saturated carbocycles. The molecule has 0 spiro atoms. The van der Waals surface area contributed by atoms with Gasteiger partial charge in [-0.05, 0) is 25.3 Å². The molecule has 2 aromatic rings. The second kappa shape index (κ2) is 9.32. The van der Waals surface area contributed by atoms with E-state index in [-0.39, 0.29) is 5.91 Å². The van der Waals surface area contributed by atoms with Gasteiger partial charge in [-0.25, -0.2) is 9.97 Å². The van der Waals surface area contributed by atoms with Crippen LogP contribution in [0.4, 0.5) is 5.95 Å². The van der Waals surface area contributed by atoms with E-state index in [0.717, 1.165) is 5.56 Å². The summed E-state index contributed by atoms with van der Waals surface area (Å²) >= 11 is 0. The third kappa shape index (κ3) is 5.04. The molecule has 1 fully saturated rings. The van der Waals surface area contributed by atoms with E-state index in [4.69, 9.17) is 0 Å². The smallest absolute Gasteiger partial charge is 0.257 e. The van der Waals surface area contributed by atoms with Gasteiger partial charge in [-0.15, -0.1) is 0 Å². The normalized spacial score (nSPS) is 15.3. The molecule has 1 aromatic heterocycles. The molecule has 26 heavy (non-hydrogen) atoms. The van der Waals surface area contributed by atoms with E-state index >= 15 is 0 Å². The van der Waals surface area contributed by atoms with Gasteiger partial charge in [-0.2, -0.15) is 0 Å². The number of benzene rings is 1. The van der Waals surface area contributed by atoms with Crippen molar-refractivity contribution in [2.75, 3.05) is 11.9 Å². The second-order valence-electron chi connectivity index (χ2n) is 6.93. The van der Waals surface area contributed by atoms with Gasteiger partial charge in [0.2, 0.25) is 5.95 Å². The van der Waals surface area contributed by atoms with Gasteiger partial charge in [0.15, 0.2) is 0 Å². The van der Waals surface area contributed by atoms with Crippen LogP contribution in [-0.2, 0) is 6.54 Å². The molecule has 3 rings (SSSR count). The number of anilines is 1. The molecule has 0 unspecified atom stereocenters. The number of rotatable bonds is 6. The summed E-state index contributed by atoms with van der Waals surface area (Å²) in [5.41, 5.74) is 1.66. The maximum absolute atomic E-state index is 12.8.